The number of rotatable bonds is 7. The van der Waals surface area contributed by atoms with Gasteiger partial charge in [-0.3, -0.25) is 14.5 Å². The number of hydrogen-bond acceptors (Lipinski definition) is 5. The lowest BCUT2D eigenvalue weighted by Gasteiger charge is -2.23. The van der Waals surface area contributed by atoms with Gasteiger partial charge >= 0.3 is 0 Å². The molecule has 41 heavy (non-hydrogen) atoms. The van der Waals surface area contributed by atoms with Gasteiger partial charge < -0.3 is 10.1 Å². The summed E-state index contributed by atoms with van der Waals surface area (Å²) < 4.78 is 7.53. The van der Waals surface area contributed by atoms with E-state index in [-0.39, 0.29) is 35.5 Å². The zero-order valence-electron chi connectivity index (χ0n) is 23.4. The maximum atomic E-state index is 13.9. The highest BCUT2D eigenvalue weighted by Crippen LogP contribution is 2.48. The SMILES string of the molecule is Cc1ccc(-n2nc(-c3ccccc3)c3c2N(CC(=O)NC[C@@H]2CCCO2)C(=O)CS[C@@H]3c2cccc(C)c2)cc1. The monoisotopic (exact) mass is 566 g/mol. The molecule has 2 amide bonds. The number of ether oxygens (including phenoxy) is 1. The highest BCUT2D eigenvalue weighted by atomic mass is 32.2. The van der Waals surface area contributed by atoms with Gasteiger partial charge in [0.1, 0.15) is 12.4 Å². The first-order valence-electron chi connectivity index (χ1n) is 14.1. The second kappa shape index (κ2) is 11.9. The average Bonchev–Trinajstić information content (AvgIpc) is 3.62. The third-order valence-corrected chi connectivity index (χ3v) is 8.87. The van der Waals surface area contributed by atoms with E-state index in [1.165, 1.54) is 0 Å². The Morgan fingerprint density at radius 2 is 1.83 bits per heavy atom. The molecule has 1 aromatic heterocycles. The number of benzene rings is 3. The van der Waals surface area contributed by atoms with Crippen LogP contribution in [0.5, 0.6) is 0 Å². The maximum absolute atomic E-state index is 13.9. The minimum absolute atomic E-state index is 0.0263. The molecule has 0 aliphatic carbocycles. The highest BCUT2D eigenvalue weighted by molar-refractivity contribution is 8.00. The fourth-order valence-corrected chi connectivity index (χ4v) is 6.71. The summed E-state index contributed by atoms with van der Waals surface area (Å²) in [5.41, 5.74) is 6.92. The molecule has 2 atom stereocenters. The number of nitrogens with one attached hydrogen (secondary N) is 1. The van der Waals surface area contributed by atoms with Crippen molar-refractivity contribution < 1.29 is 14.3 Å². The van der Waals surface area contributed by atoms with Gasteiger partial charge in [-0.2, -0.15) is 5.10 Å². The second-order valence-electron chi connectivity index (χ2n) is 10.7. The lowest BCUT2D eigenvalue weighted by molar-refractivity contribution is -0.123. The van der Waals surface area contributed by atoms with Crippen molar-refractivity contribution in [2.24, 2.45) is 0 Å². The molecular formula is C33H34N4O3S. The molecule has 4 aromatic rings. The van der Waals surface area contributed by atoms with Gasteiger partial charge in [0.25, 0.3) is 0 Å². The first-order valence-corrected chi connectivity index (χ1v) is 15.1. The number of anilines is 1. The largest absolute Gasteiger partial charge is 0.376 e. The number of amides is 2. The quantitative estimate of drug-likeness (QED) is 0.314. The average molecular weight is 567 g/mol. The van der Waals surface area contributed by atoms with E-state index in [9.17, 15) is 9.59 Å². The number of nitrogens with zero attached hydrogens (tertiary/aromatic N) is 3. The predicted molar refractivity (Wildman–Crippen MR) is 164 cm³/mol. The number of hydrogen-bond donors (Lipinski definition) is 1. The van der Waals surface area contributed by atoms with Crippen molar-refractivity contribution in [3.05, 3.63) is 101 Å². The van der Waals surface area contributed by atoms with Crippen LogP contribution in [0.3, 0.4) is 0 Å². The molecule has 0 saturated carbocycles. The van der Waals surface area contributed by atoms with Crippen LogP contribution < -0.4 is 10.2 Å². The van der Waals surface area contributed by atoms with Gasteiger partial charge in [-0.25, -0.2) is 4.68 Å². The molecule has 0 radical (unpaired) electrons. The molecule has 0 bridgehead atoms. The summed E-state index contributed by atoms with van der Waals surface area (Å²) in [6.07, 6.45) is 1.96. The third kappa shape index (κ3) is 5.80. The van der Waals surface area contributed by atoms with Crippen molar-refractivity contribution in [3.8, 4) is 16.9 Å². The summed E-state index contributed by atoms with van der Waals surface area (Å²) in [5, 5.41) is 8.02. The van der Waals surface area contributed by atoms with Gasteiger partial charge in [-0.1, -0.05) is 77.9 Å². The normalized spacial score (nSPS) is 18.7. The Balaban J connectivity index is 1.51. The molecule has 3 heterocycles. The number of thioether (sulfide) groups is 1. The predicted octanol–water partition coefficient (Wildman–Crippen LogP) is 5.62. The molecule has 8 heteroatoms. The molecule has 7 nitrogen and oxygen atoms in total. The van der Waals surface area contributed by atoms with Crippen LogP contribution in [0.2, 0.25) is 0 Å². The van der Waals surface area contributed by atoms with Crippen LogP contribution >= 0.6 is 11.8 Å². The Morgan fingerprint density at radius 3 is 2.56 bits per heavy atom. The summed E-state index contributed by atoms with van der Waals surface area (Å²) in [6, 6.07) is 26.6. The number of carbonyl (C=O) groups excluding carboxylic acids is 2. The minimum atomic E-state index is -0.211. The van der Waals surface area contributed by atoms with Crippen LogP contribution in [0.25, 0.3) is 16.9 Å². The molecule has 2 aliphatic rings. The van der Waals surface area contributed by atoms with Crippen LogP contribution in [0.15, 0.2) is 78.9 Å². The molecule has 210 valence electrons. The van der Waals surface area contributed by atoms with Crippen LogP contribution in [0.4, 0.5) is 5.82 Å². The summed E-state index contributed by atoms with van der Waals surface area (Å²) >= 11 is 1.58. The number of carbonyl (C=O) groups is 2. The van der Waals surface area contributed by atoms with Crippen LogP contribution in [0, 0.1) is 13.8 Å². The molecule has 1 saturated heterocycles. The van der Waals surface area contributed by atoms with Crippen LogP contribution in [0.1, 0.15) is 40.3 Å². The van der Waals surface area contributed by atoms with Crippen molar-refractivity contribution in [2.75, 3.05) is 30.3 Å². The summed E-state index contributed by atoms with van der Waals surface area (Å²) in [6.45, 7) is 5.20. The van der Waals surface area contributed by atoms with E-state index in [1.807, 2.05) is 66.2 Å². The summed E-state index contributed by atoms with van der Waals surface area (Å²) in [7, 11) is 0. The Morgan fingerprint density at radius 1 is 1.02 bits per heavy atom. The summed E-state index contributed by atoms with van der Waals surface area (Å²) in [4.78, 5) is 28.8. The first-order chi connectivity index (χ1) is 20.0. The number of aryl methyl sites for hydroxylation is 2. The Kier molecular flexibility index (Phi) is 7.94. The lowest BCUT2D eigenvalue weighted by Crippen LogP contribution is -2.44. The van der Waals surface area contributed by atoms with Crippen molar-refractivity contribution in [3.63, 3.8) is 0 Å². The molecule has 6 rings (SSSR count). The van der Waals surface area contributed by atoms with Crippen molar-refractivity contribution in [1.82, 2.24) is 15.1 Å². The highest BCUT2D eigenvalue weighted by Gasteiger charge is 2.37. The van der Waals surface area contributed by atoms with Gasteiger partial charge in [0, 0.05) is 24.3 Å². The van der Waals surface area contributed by atoms with Gasteiger partial charge in [0.05, 0.1) is 28.5 Å². The molecule has 2 aliphatic heterocycles. The van der Waals surface area contributed by atoms with E-state index in [1.54, 1.807) is 16.7 Å². The number of fused-ring (bicyclic) bond motifs is 1. The molecular weight excluding hydrogens is 532 g/mol. The fraction of sp³-hybridized carbons (Fsp3) is 0.303. The number of aromatic nitrogens is 2. The van der Waals surface area contributed by atoms with Crippen molar-refractivity contribution >= 4 is 29.4 Å². The maximum Gasteiger partial charge on any atom is 0.240 e. The van der Waals surface area contributed by atoms with E-state index in [4.69, 9.17) is 9.84 Å². The third-order valence-electron chi connectivity index (χ3n) is 7.61. The van der Waals surface area contributed by atoms with Gasteiger partial charge in [0.15, 0.2) is 0 Å². The standard InChI is InChI=1S/C33H34N4O3S/c1-22-13-15-26(16-14-22)37-33-30(31(35-37)24-9-4-3-5-10-24)32(25-11-6-8-23(2)18-25)41-21-29(39)36(33)20-28(38)34-19-27-12-7-17-40-27/h3-6,8-11,13-16,18,27,32H,7,12,17,19-21H2,1-2H3,(H,34,38)/t27-,32+/m0/s1. The van der Waals surface area contributed by atoms with Crippen LogP contribution in [-0.4, -0.2) is 53.1 Å². The lowest BCUT2D eigenvalue weighted by atomic mass is 9.98. The van der Waals surface area contributed by atoms with E-state index in [0.29, 0.717) is 12.4 Å². The van der Waals surface area contributed by atoms with Gasteiger partial charge in [0.2, 0.25) is 11.8 Å². The molecule has 3 aromatic carbocycles. The minimum Gasteiger partial charge on any atom is -0.376 e. The zero-order chi connectivity index (χ0) is 28.3. The molecule has 1 N–H and O–H groups in total. The van der Waals surface area contributed by atoms with E-state index in [2.05, 4.69) is 36.5 Å². The van der Waals surface area contributed by atoms with Gasteiger partial charge in [-0.05, 0) is 44.4 Å². The van der Waals surface area contributed by atoms with E-state index in [0.717, 1.165) is 58.6 Å². The summed E-state index contributed by atoms with van der Waals surface area (Å²) in [5.74, 6) is 0.554. The van der Waals surface area contributed by atoms with Crippen molar-refractivity contribution in [2.45, 2.75) is 38.0 Å². The molecule has 0 unspecified atom stereocenters. The smallest absolute Gasteiger partial charge is 0.240 e. The second-order valence-corrected chi connectivity index (χ2v) is 11.8. The van der Waals surface area contributed by atoms with Crippen molar-refractivity contribution in [1.29, 1.82) is 0 Å². The zero-order valence-corrected chi connectivity index (χ0v) is 24.2. The van der Waals surface area contributed by atoms with Crippen LogP contribution in [-0.2, 0) is 14.3 Å². The van der Waals surface area contributed by atoms with E-state index < -0.39 is 0 Å². The van der Waals surface area contributed by atoms with E-state index >= 15 is 0 Å². The Bertz CT molecular complexity index is 1540. The fourth-order valence-electron chi connectivity index (χ4n) is 5.52. The Hall–Kier alpha value is -3.88. The molecule has 1 fully saturated rings. The first kappa shape index (κ1) is 27.3. The Labute approximate surface area is 244 Å². The molecule has 0 spiro atoms. The topological polar surface area (TPSA) is 76.5 Å². The van der Waals surface area contributed by atoms with Gasteiger partial charge in [-0.15, -0.1) is 11.8 Å².